The number of benzene rings is 1. The summed E-state index contributed by atoms with van der Waals surface area (Å²) >= 11 is 3.34. The second kappa shape index (κ2) is 7.14. The molecule has 1 heterocycles. The molecule has 0 spiro atoms. The summed E-state index contributed by atoms with van der Waals surface area (Å²) in [6, 6.07) is 9.42. The number of hydrogen-bond acceptors (Lipinski definition) is 2. The van der Waals surface area contributed by atoms with Gasteiger partial charge in [0.2, 0.25) is 0 Å². The molecule has 21 heavy (non-hydrogen) atoms. The van der Waals surface area contributed by atoms with E-state index in [-0.39, 0.29) is 11.9 Å². The van der Waals surface area contributed by atoms with Crippen molar-refractivity contribution in [1.29, 1.82) is 0 Å². The Morgan fingerprint density at radius 3 is 2.67 bits per heavy atom. The van der Waals surface area contributed by atoms with Crippen LogP contribution in [0.3, 0.4) is 0 Å². The highest BCUT2D eigenvalue weighted by atomic mass is 79.9. The molecule has 0 aliphatic carbocycles. The van der Waals surface area contributed by atoms with E-state index in [1.54, 1.807) is 6.07 Å². The molecule has 0 amide bonds. The molecule has 4 heteroatoms. The van der Waals surface area contributed by atoms with Crippen molar-refractivity contribution in [3.63, 3.8) is 0 Å². The Morgan fingerprint density at radius 1 is 1.24 bits per heavy atom. The van der Waals surface area contributed by atoms with Gasteiger partial charge in [-0.25, -0.2) is 4.39 Å². The molecular weight excluding hydrogens is 331 g/mol. The lowest BCUT2D eigenvalue weighted by Crippen LogP contribution is -2.24. The normalized spacial score (nSPS) is 12.4. The van der Waals surface area contributed by atoms with E-state index >= 15 is 0 Å². The number of aryl methyl sites for hydroxylation is 2. The Morgan fingerprint density at radius 2 is 2.00 bits per heavy atom. The summed E-state index contributed by atoms with van der Waals surface area (Å²) < 4.78 is 14.2. The maximum Gasteiger partial charge on any atom is 0.137 e. The molecular formula is C17H20BrFN2. The summed E-state index contributed by atoms with van der Waals surface area (Å²) in [7, 11) is 0. The van der Waals surface area contributed by atoms with E-state index in [1.807, 2.05) is 26.0 Å². The van der Waals surface area contributed by atoms with Gasteiger partial charge < -0.3 is 5.32 Å². The molecule has 0 saturated carbocycles. The van der Waals surface area contributed by atoms with Gasteiger partial charge in [-0.05, 0) is 66.0 Å². The Balaban J connectivity index is 2.33. The fourth-order valence-electron chi connectivity index (χ4n) is 2.53. The lowest BCUT2D eigenvalue weighted by atomic mass is 9.97. The molecule has 1 aromatic carbocycles. The van der Waals surface area contributed by atoms with Crippen molar-refractivity contribution < 1.29 is 4.39 Å². The van der Waals surface area contributed by atoms with Crippen molar-refractivity contribution in [2.24, 2.45) is 0 Å². The lowest BCUT2D eigenvalue weighted by molar-refractivity contribution is 0.540. The van der Waals surface area contributed by atoms with Crippen LogP contribution in [0.5, 0.6) is 0 Å². The number of aromatic nitrogens is 1. The summed E-state index contributed by atoms with van der Waals surface area (Å²) in [5.74, 6) is -0.221. The largest absolute Gasteiger partial charge is 0.310 e. The molecule has 0 aliphatic rings. The second-order valence-electron chi connectivity index (χ2n) is 5.15. The molecule has 2 rings (SSSR count). The van der Waals surface area contributed by atoms with Gasteiger partial charge in [0.1, 0.15) is 5.82 Å². The number of hydrogen-bond donors (Lipinski definition) is 1. The van der Waals surface area contributed by atoms with Crippen LogP contribution in [0.15, 0.2) is 34.8 Å². The lowest BCUT2D eigenvalue weighted by Gasteiger charge is -2.21. The van der Waals surface area contributed by atoms with Gasteiger partial charge in [-0.2, -0.15) is 0 Å². The van der Waals surface area contributed by atoms with Gasteiger partial charge in [-0.1, -0.05) is 25.1 Å². The molecule has 1 atom stereocenters. The third-order valence-corrected chi connectivity index (χ3v) is 4.44. The summed E-state index contributed by atoms with van der Waals surface area (Å²) in [5, 5.41) is 3.47. The molecule has 1 N–H and O–H groups in total. The first-order chi connectivity index (χ1) is 10.0. The molecule has 0 bridgehead atoms. The molecule has 0 fully saturated rings. The minimum absolute atomic E-state index is 0.126. The van der Waals surface area contributed by atoms with Crippen LogP contribution in [0.2, 0.25) is 0 Å². The van der Waals surface area contributed by atoms with E-state index in [0.717, 1.165) is 29.9 Å². The average molecular weight is 351 g/mol. The highest BCUT2D eigenvalue weighted by Crippen LogP contribution is 2.27. The monoisotopic (exact) mass is 350 g/mol. The van der Waals surface area contributed by atoms with E-state index in [0.29, 0.717) is 4.47 Å². The molecule has 1 aromatic heterocycles. The Kier molecular flexibility index (Phi) is 5.48. The minimum atomic E-state index is -0.221. The van der Waals surface area contributed by atoms with Crippen molar-refractivity contribution in [3.05, 3.63) is 63.1 Å². The van der Waals surface area contributed by atoms with Crippen LogP contribution in [0.1, 0.15) is 35.5 Å². The Hall–Kier alpha value is -1.26. The van der Waals surface area contributed by atoms with Crippen LogP contribution in [0.25, 0.3) is 0 Å². The van der Waals surface area contributed by atoms with E-state index in [2.05, 4.69) is 39.2 Å². The van der Waals surface area contributed by atoms with Gasteiger partial charge in [-0.15, -0.1) is 0 Å². The number of halogens is 2. The summed E-state index contributed by atoms with van der Waals surface area (Å²) in [5.41, 5.74) is 4.16. The highest BCUT2D eigenvalue weighted by Gasteiger charge is 2.16. The quantitative estimate of drug-likeness (QED) is 0.858. The zero-order chi connectivity index (χ0) is 15.4. The van der Waals surface area contributed by atoms with Crippen LogP contribution < -0.4 is 5.32 Å². The van der Waals surface area contributed by atoms with Crippen LogP contribution in [0.4, 0.5) is 4.39 Å². The van der Waals surface area contributed by atoms with E-state index < -0.39 is 0 Å². The van der Waals surface area contributed by atoms with Gasteiger partial charge in [0.25, 0.3) is 0 Å². The number of likely N-dealkylation sites (N-methyl/N-ethyl adjacent to an activating group) is 1. The van der Waals surface area contributed by atoms with Crippen molar-refractivity contribution in [3.8, 4) is 0 Å². The maximum absolute atomic E-state index is 13.7. The van der Waals surface area contributed by atoms with Crippen molar-refractivity contribution in [2.45, 2.75) is 33.2 Å². The first-order valence-electron chi connectivity index (χ1n) is 7.13. The standard InChI is InChI=1S/C17H20BrFN2/c1-4-20-16(14-9-8-11(2)21-12(14)3)10-13-6-5-7-15(19)17(13)18/h5-9,16,20H,4,10H2,1-3H3. The molecule has 112 valence electrons. The van der Waals surface area contributed by atoms with Crippen LogP contribution in [-0.4, -0.2) is 11.5 Å². The van der Waals surface area contributed by atoms with Crippen molar-refractivity contribution >= 4 is 15.9 Å². The zero-order valence-electron chi connectivity index (χ0n) is 12.6. The van der Waals surface area contributed by atoms with Gasteiger partial charge in [0, 0.05) is 17.4 Å². The Bertz CT molecular complexity index is 628. The molecule has 0 saturated heterocycles. The first-order valence-corrected chi connectivity index (χ1v) is 7.92. The van der Waals surface area contributed by atoms with Gasteiger partial charge in [0.05, 0.1) is 4.47 Å². The summed E-state index contributed by atoms with van der Waals surface area (Å²) in [6.07, 6.45) is 0.720. The topological polar surface area (TPSA) is 24.9 Å². The fraction of sp³-hybridized carbons (Fsp3) is 0.353. The number of rotatable bonds is 5. The SMILES string of the molecule is CCNC(Cc1cccc(F)c1Br)c1ccc(C)nc1C. The molecule has 0 radical (unpaired) electrons. The predicted octanol–water partition coefficient (Wildman–Crippen LogP) is 4.49. The number of nitrogens with zero attached hydrogens (tertiary/aromatic N) is 1. The van der Waals surface area contributed by atoms with Crippen molar-refractivity contribution in [2.75, 3.05) is 6.54 Å². The third kappa shape index (κ3) is 3.89. The van der Waals surface area contributed by atoms with Crippen LogP contribution in [0, 0.1) is 19.7 Å². The molecule has 2 aromatic rings. The van der Waals surface area contributed by atoms with Crippen LogP contribution >= 0.6 is 15.9 Å². The number of nitrogens with one attached hydrogen (secondary N) is 1. The van der Waals surface area contributed by atoms with E-state index in [4.69, 9.17) is 0 Å². The average Bonchev–Trinajstić information content (AvgIpc) is 2.43. The Labute approximate surface area is 133 Å². The predicted molar refractivity (Wildman–Crippen MR) is 87.9 cm³/mol. The van der Waals surface area contributed by atoms with E-state index in [9.17, 15) is 4.39 Å². The summed E-state index contributed by atoms with van der Waals surface area (Å²) in [6.45, 7) is 6.94. The van der Waals surface area contributed by atoms with Gasteiger partial charge in [-0.3, -0.25) is 4.98 Å². The fourth-order valence-corrected chi connectivity index (χ4v) is 2.96. The van der Waals surface area contributed by atoms with Gasteiger partial charge >= 0.3 is 0 Å². The maximum atomic E-state index is 13.7. The smallest absolute Gasteiger partial charge is 0.137 e. The molecule has 0 aliphatic heterocycles. The van der Waals surface area contributed by atoms with Gasteiger partial charge in [0.15, 0.2) is 0 Å². The highest BCUT2D eigenvalue weighted by molar-refractivity contribution is 9.10. The number of pyridine rings is 1. The summed E-state index contributed by atoms with van der Waals surface area (Å²) in [4.78, 5) is 4.53. The molecule has 1 unspecified atom stereocenters. The minimum Gasteiger partial charge on any atom is -0.310 e. The zero-order valence-corrected chi connectivity index (χ0v) is 14.2. The van der Waals surface area contributed by atoms with Crippen LogP contribution in [-0.2, 0) is 6.42 Å². The van der Waals surface area contributed by atoms with Crippen molar-refractivity contribution in [1.82, 2.24) is 10.3 Å². The molecule has 2 nitrogen and oxygen atoms in total. The third-order valence-electron chi connectivity index (χ3n) is 3.55. The van der Waals surface area contributed by atoms with E-state index in [1.165, 1.54) is 11.6 Å². The first kappa shape index (κ1) is 16.1. The second-order valence-corrected chi connectivity index (χ2v) is 5.95.